The topological polar surface area (TPSA) is 106 Å². The fourth-order valence-electron chi connectivity index (χ4n) is 3.57. The molecule has 0 saturated carbocycles. The second-order valence-corrected chi connectivity index (χ2v) is 7.76. The van der Waals surface area contributed by atoms with E-state index in [0.29, 0.717) is 29.8 Å². The Balaban J connectivity index is 1.94. The van der Waals surface area contributed by atoms with Gasteiger partial charge in [-0.05, 0) is 60.0 Å². The highest BCUT2D eigenvalue weighted by molar-refractivity contribution is 5.94. The van der Waals surface area contributed by atoms with Gasteiger partial charge < -0.3 is 11.5 Å². The van der Waals surface area contributed by atoms with Crippen molar-refractivity contribution in [3.05, 3.63) is 106 Å². The molecule has 8 heteroatoms. The van der Waals surface area contributed by atoms with Crippen molar-refractivity contribution in [2.75, 3.05) is 0 Å². The molecular weight excluding hydrogens is 428 g/mol. The van der Waals surface area contributed by atoms with Crippen LogP contribution in [0.1, 0.15) is 54.7 Å². The van der Waals surface area contributed by atoms with Gasteiger partial charge >= 0.3 is 0 Å². The third-order valence-corrected chi connectivity index (χ3v) is 5.14. The number of nitrogens with zero attached hydrogens (tertiary/aromatic N) is 1. The van der Waals surface area contributed by atoms with Gasteiger partial charge in [-0.15, -0.1) is 0 Å². The minimum atomic E-state index is -0.875. The minimum Gasteiger partial charge on any atom is -0.366 e. The van der Waals surface area contributed by atoms with Crippen molar-refractivity contribution in [2.45, 2.75) is 26.6 Å². The number of rotatable bonds is 9. The van der Waals surface area contributed by atoms with E-state index in [1.807, 2.05) is 11.0 Å². The Bertz CT molecular complexity index is 1160. The molecule has 0 aliphatic rings. The second-order valence-electron chi connectivity index (χ2n) is 7.76. The first-order chi connectivity index (χ1) is 15.6. The molecule has 0 aliphatic carbocycles. The summed E-state index contributed by atoms with van der Waals surface area (Å²) in [4.78, 5) is 36.8. The summed E-state index contributed by atoms with van der Waals surface area (Å²) in [6, 6.07) is 15.2. The Morgan fingerprint density at radius 3 is 1.76 bits per heavy atom. The van der Waals surface area contributed by atoms with Gasteiger partial charge in [0.15, 0.2) is 5.78 Å². The highest BCUT2D eigenvalue weighted by Gasteiger charge is 2.15. The summed E-state index contributed by atoms with van der Waals surface area (Å²) >= 11 is 0. The number of primary amides is 2. The van der Waals surface area contributed by atoms with E-state index in [-0.39, 0.29) is 23.5 Å². The van der Waals surface area contributed by atoms with Gasteiger partial charge in [-0.2, -0.15) is 0 Å². The van der Waals surface area contributed by atoms with Gasteiger partial charge in [0.05, 0.1) is 11.1 Å². The first kappa shape index (κ1) is 23.7. The summed E-state index contributed by atoms with van der Waals surface area (Å²) in [7, 11) is 0. The lowest BCUT2D eigenvalue weighted by molar-refractivity contribution is 0.0989. The van der Waals surface area contributed by atoms with Crippen molar-refractivity contribution in [2.24, 2.45) is 11.5 Å². The monoisotopic (exact) mass is 451 g/mol. The number of hydrogen-bond acceptors (Lipinski definition) is 4. The Morgan fingerprint density at radius 1 is 0.727 bits per heavy atom. The maximum atomic E-state index is 14.0. The summed E-state index contributed by atoms with van der Waals surface area (Å²) in [6.07, 6.45) is 0. The van der Waals surface area contributed by atoms with Crippen molar-refractivity contribution in [1.29, 1.82) is 0 Å². The summed E-state index contributed by atoms with van der Waals surface area (Å²) < 4.78 is 27.9. The number of Topliss-reactive ketones (excluding diaryl/α,β-unsaturated/α-hetero) is 1. The van der Waals surface area contributed by atoms with Crippen LogP contribution in [-0.4, -0.2) is 22.5 Å². The molecule has 0 fully saturated rings. The zero-order valence-corrected chi connectivity index (χ0v) is 18.0. The van der Waals surface area contributed by atoms with Crippen LogP contribution < -0.4 is 11.5 Å². The molecular formula is C25H23F2N3O3. The number of amides is 2. The van der Waals surface area contributed by atoms with Gasteiger partial charge in [0.2, 0.25) is 5.91 Å². The van der Waals surface area contributed by atoms with Crippen molar-refractivity contribution < 1.29 is 23.2 Å². The van der Waals surface area contributed by atoms with E-state index in [1.165, 1.54) is 31.2 Å². The average molecular weight is 451 g/mol. The third-order valence-electron chi connectivity index (χ3n) is 5.14. The molecule has 3 aromatic carbocycles. The molecule has 0 aromatic heterocycles. The number of carbonyl (C=O) groups excluding carboxylic acids is 3. The number of carbonyl (C=O) groups is 3. The number of nitrogens with two attached hydrogens (primary N) is 2. The molecule has 3 rings (SSSR count). The number of hydrogen-bond donors (Lipinski definition) is 2. The molecule has 3 aromatic rings. The predicted molar refractivity (Wildman–Crippen MR) is 119 cm³/mol. The molecule has 0 aliphatic heterocycles. The number of benzene rings is 3. The maximum Gasteiger partial charge on any atom is 0.251 e. The first-order valence-electron chi connectivity index (χ1n) is 10.1. The summed E-state index contributed by atoms with van der Waals surface area (Å²) in [5.74, 6) is -3.13. The van der Waals surface area contributed by atoms with Crippen molar-refractivity contribution in [3.63, 3.8) is 0 Å². The van der Waals surface area contributed by atoms with Crippen LogP contribution in [0, 0.1) is 11.6 Å². The molecule has 0 atom stereocenters. The quantitative estimate of drug-likeness (QED) is 0.485. The van der Waals surface area contributed by atoms with Crippen molar-refractivity contribution in [3.8, 4) is 0 Å². The van der Waals surface area contributed by atoms with Crippen LogP contribution in [-0.2, 0) is 19.6 Å². The van der Waals surface area contributed by atoms with E-state index < -0.39 is 23.4 Å². The largest absolute Gasteiger partial charge is 0.366 e. The molecule has 0 saturated heterocycles. The minimum absolute atomic E-state index is 0.0130. The van der Waals surface area contributed by atoms with Gasteiger partial charge in [-0.25, -0.2) is 8.78 Å². The van der Waals surface area contributed by atoms with Crippen LogP contribution in [0.5, 0.6) is 0 Å². The molecule has 6 nitrogen and oxygen atoms in total. The van der Waals surface area contributed by atoms with Crippen LogP contribution in [0.3, 0.4) is 0 Å². The molecule has 4 N–H and O–H groups in total. The molecule has 33 heavy (non-hydrogen) atoms. The molecule has 0 bridgehead atoms. The van der Waals surface area contributed by atoms with E-state index in [2.05, 4.69) is 0 Å². The smallest absolute Gasteiger partial charge is 0.251 e. The fraction of sp³-hybridized carbons (Fsp3) is 0.160. The van der Waals surface area contributed by atoms with Gasteiger partial charge in [-0.3, -0.25) is 19.3 Å². The summed E-state index contributed by atoms with van der Waals surface area (Å²) in [5, 5.41) is 0. The SMILES string of the molecule is CC(=O)c1cc(CN(Cc2cccc(C(N)=O)c2)Cc2ccc(F)c(C(N)=O)c2)ccc1F. The molecule has 170 valence electrons. The van der Waals surface area contributed by atoms with Crippen LogP contribution in [0.25, 0.3) is 0 Å². The summed E-state index contributed by atoms with van der Waals surface area (Å²) in [5.41, 5.74) is 12.9. The number of ketones is 1. The van der Waals surface area contributed by atoms with Crippen molar-refractivity contribution in [1.82, 2.24) is 4.90 Å². The molecule has 0 unspecified atom stereocenters. The molecule has 2 amide bonds. The number of halogens is 2. The Hall–Kier alpha value is -3.91. The Kier molecular flexibility index (Phi) is 7.30. The average Bonchev–Trinajstić information content (AvgIpc) is 2.76. The van der Waals surface area contributed by atoms with Gasteiger partial charge in [0.25, 0.3) is 5.91 Å². The van der Waals surface area contributed by atoms with E-state index in [0.717, 1.165) is 5.56 Å². The maximum absolute atomic E-state index is 14.0. The predicted octanol–water partition coefficient (Wildman–Crippen LogP) is 3.57. The van der Waals surface area contributed by atoms with Crippen molar-refractivity contribution >= 4 is 17.6 Å². The van der Waals surface area contributed by atoms with Crippen LogP contribution >= 0.6 is 0 Å². The fourth-order valence-corrected chi connectivity index (χ4v) is 3.57. The van der Waals surface area contributed by atoms with Crippen LogP contribution in [0.2, 0.25) is 0 Å². The Morgan fingerprint density at radius 2 is 1.24 bits per heavy atom. The van der Waals surface area contributed by atoms with Gasteiger partial charge in [-0.1, -0.05) is 24.3 Å². The standard InChI is InChI=1S/C25H23F2N3O3/c1-15(31)20-10-17(5-7-22(20)26)13-30(12-16-3-2-4-19(9-16)24(28)32)14-18-6-8-23(27)21(11-18)25(29)33/h2-11H,12-14H2,1H3,(H2,28,32)(H2,29,33). The highest BCUT2D eigenvalue weighted by Crippen LogP contribution is 2.19. The zero-order valence-electron chi connectivity index (χ0n) is 18.0. The lowest BCUT2D eigenvalue weighted by Gasteiger charge is -2.23. The lowest BCUT2D eigenvalue weighted by atomic mass is 10.0. The molecule has 0 spiro atoms. The molecule has 0 heterocycles. The van der Waals surface area contributed by atoms with Gasteiger partial charge in [0, 0.05) is 25.2 Å². The normalized spacial score (nSPS) is 10.9. The van der Waals surface area contributed by atoms with Gasteiger partial charge in [0.1, 0.15) is 11.6 Å². The first-order valence-corrected chi connectivity index (χ1v) is 10.1. The summed E-state index contributed by atoms with van der Waals surface area (Å²) in [6.45, 7) is 2.25. The lowest BCUT2D eigenvalue weighted by Crippen LogP contribution is -2.23. The van der Waals surface area contributed by atoms with E-state index in [9.17, 15) is 23.2 Å². The van der Waals surface area contributed by atoms with E-state index in [1.54, 1.807) is 30.3 Å². The third kappa shape index (κ3) is 6.08. The highest BCUT2D eigenvalue weighted by atomic mass is 19.1. The van der Waals surface area contributed by atoms with Crippen LogP contribution in [0.15, 0.2) is 60.7 Å². The van der Waals surface area contributed by atoms with E-state index in [4.69, 9.17) is 11.5 Å². The zero-order chi connectivity index (χ0) is 24.1. The second kappa shape index (κ2) is 10.1. The van der Waals surface area contributed by atoms with Crippen LogP contribution in [0.4, 0.5) is 8.78 Å². The van der Waals surface area contributed by atoms with E-state index >= 15 is 0 Å². The Labute approximate surface area is 189 Å². The molecule has 0 radical (unpaired) electrons.